The Kier molecular flexibility index (Phi) is 4.63. The van der Waals surface area contributed by atoms with Gasteiger partial charge in [0.25, 0.3) is 0 Å². The van der Waals surface area contributed by atoms with Crippen LogP contribution in [-0.2, 0) is 14.8 Å². The zero-order chi connectivity index (χ0) is 17.4. The van der Waals surface area contributed by atoms with Gasteiger partial charge < -0.3 is 10.6 Å². The van der Waals surface area contributed by atoms with Gasteiger partial charge in [0.15, 0.2) is 0 Å². The molecule has 0 bridgehead atoms. The van der Waals surface area contributed by atoms with E-state index in [0.717, 1.165) is 25.0 Å². The minimum Gasteiger partial charge on any atom is -0.338 e. The van der Waals surface area contributed by atoms with Gasteiger partial charge in [-0.15, -0.1) is 0 Å². The van der Waals surface area contributed by atoms with Crippen molar-refractivity contribution in [2.75, 3.05) is 26.2 Å². The molecule has 1 heterocycles. The second kappa shape index (κ2) is 6.42. The first-order valence-electron chi connectivity index (χ1n) is 8.17. The number of halogens is 1. The zero-order valence-corrected chi connectivity index (χ0v) is 14.3. The molecule has 1 aliphatic carbocycles. The van der Waals surface area contributed by atoms with Crippen LogP contribution in [0.25, 0.3) is 0 Å². The fourth-order valence-corrected chi connectivity index (χ4v) is 4.84. The average Bonchev–Trinajstić information content (AvgIpc) is 3.03. The van der Waals surface area contributed by atoms with Gasteiger partial charge in [0, 0.05) is 26.2 Å². The van der Waals surface area contributed by atoms with Gasteiger partial charge in [-0.2, -0.15) is 4.31 Å². The molecule has 2 aliphatic rings. The van der Waals surface area contributed by atoms with E-state index >= 15 is 0 Å². The summed E-state index contributed by atoms with van der Waals surface area (Å²) in [5, 5.41) is 0. The first-order valence-corrected chi connectivity index (χ1v) is 9.61. The smallest absolute Gasteiger partial charge is 0.243 e. The van der Waals surface area contributed by atoms with Gasteiger partial charge in [-0.25, -0.2) is 12.8 Å². The normalized spacial score (nSPS) is 21.8. The topological polar surface area (TPSA) is 83.7 Å². The number of benzene rings is 1. The second-order valence-corrected chi connectivity index (χ2v) is 8.45. The maximum Gasteiger partial charge on any atom is 0.243 e. The van der Waals surface area contributed by atoms with E-state index in [1.54, 1.807) is 4.90 Å². The van der Waals surface area contributed by atoms with Crippen molar-refractivity contribution in [2.24, 2.45) is 5.73 Å². The molecule has 0 aromatic heterocycles. The first-order chi connectivity index (χ1) is 11.3. The highest BCUT2D eigenvalue weighted by Gasteiger charge is 2.41. The molecule has 6 nitrogen and oxygen atoms in total. The molecular formula is C16H22FN3O3S. The van der Waals surface area contributed by atoms with E-state index in [0.29, 0.717) is 25.9 Å². The minimum absolute atomic E-state index is 0.0646. The van der Waals surface area contributed by atoms with E-state index < -0.39 is 21.4 Å². The second-order valence-electron chi connectivity index (χ2n) is 6.51. The SMILES string of the molecule is NC1(C(=O)N2CCN(S(=O)(=O)c3ccc(F)cc3)CC2)CCCC1. The van der Waals surface area contributed by atoms with E-state index in [2.05, 4.69) is 0 Å². The summed E-state index contributed by atoms with van der Waals surface area (Å²) in [5.41, 5.74) is 5.42. The fraction of sp³-hybridized carbons (Fsp3) is 0.562. The lowest BCUT2D eigenvalue weighted by atomic mass is 9.97. The Morgan fingerprint density at radius 1 is 1.04 bits per heavy atom. The summed E-state index contributed by atoms with van der Waals surface area (Å²) in [5.74, 6) is -0.548. The Bertz CT molecular complexity index is 707. The van der Waals surface area contributed by atoms with Crippen LogP contribution in [0.3, 0.4) is 0 Å². The molecule has 0 unspecified atom stereocenters. The van der Waals surface area contributed by atoms with Crippen molar-refractivity contribution in [3.63, 3.8) is 0 Å². The third-order valence-corrected chi connectivity index (χ3v) is 6.81. The van der Waals surface area contributed by atoms with Crippen molar-refractivity contribution in [1.82, 2.24) is 9.21 Å². The van der Waals surface area contributed by atoms with Crippen molar-refractivity contribution in [1.29, 1.82) is 0 Å². The highest BCUT2D eigenvalue weighted by Crippen LogP contribution is 2.29. The number of nitrogens with zero attached hydrogens (tertiary/aromatic N) is 2. The number of piperazine rings is 1. The van der Waals surface area contributed by atoms with Crippen LogP contribution in [0.15, 0.2) is 29.2 Å². The summed E-state index contributed by atoms with van der Waals surface area (Å²) in [6, 6.07) is 4.78. The Hall–Kier alpha value is -1.51. The van der Waals surface area contributed by atoms with Crippen LogP contribution in [0.5, 0.6) is 0 Å². The molecule has 1 saturated heterocycles. The number of nitrogens with two attached hydrogens (primary N) is 1. The van der Waals surface area contributed by atoms with Crippen molar-refractivity contribution in [3.8, 4) is 0 Å². The van der Waals surface area contributed by atoms with Gasteiger partial charge in [0.1, 0.15) is 5.82 Å². The highest BCUT2D eigenvalue weighted by atomic mass is 32.2. The molecule has 1 aliphatic heterocycles. The molecule has 2 fully saturated rings. The van der Waals surface area contributed by atoms with Crippen LogP contribution in [0, 0.1) is 5.82 Å². The predicted molar refractivity (Wildman–Crippen MR) is 87.1 cm³/mol. The first kappa shape index (κ1) is 17.3. The zero-order valence-electron chi connectivity index (χ0n) is 13.4. The third-order valence-electron chi connectivity index (χ3n) is 4.90. The van der Waals surface area contributed by atoms with Crippen molar-refractivity contribution >= 4 is 15.9 Å². The van der Waals surface area contributed by atoms with Crippen molar-refractivity contribution in [3.05, 3.63) is 30.1 Å². The predicted octanol–water partition coefficient (Wildman–Crippen LogP) is 0.930. The number of carbonyl (C=O) groups is 1. The third kappa shape index (κ3) is 3.18. The molecule has 132 valence electrons. The van der Waals surface area contributed by atoms with E-state index in [-0.39, 0.29) is 23.9 Å². The summed E-state index contributed by atoms with van der Waals surface area (Å²) < 4.78 is 39.5. The molecule has 8 heteroatoms. The Balaban J connectivity index is 1.66. The molecule has 1 amide bonds. The quantitative estimate of drug-likeness (QED) is 0.874. The Labute approximate surface area is 141 Å². The number of amides is 1. The molecule has 3 rings (SSSR count). The Morgan fingerprint density at radius 3 is 2.12 bits per heavy atom. The number of sulfonamides is 1. The summed E-state index contributed by atoms with van der Waals surface area (Å²) >= 11 is 0. The lowest BCUT2D eigenvalue weighted by Crippen LogP contribution is -2.59. The van der Waals surface area contributed by atoms with E-state index in [1.165, 1.54) is 16.4 Å². The van der Waals surface area contributed by atoms with Crippen LogP contribution in [0.1, 0.15) is 25.7 Å². The van der Waals surface area contributed by atoms with E-state index in [4.69, 9.17) is 5.73 Å². The average molecular weight is 355 g/mol. The van der Waals surface area contributed by atoms with Crippen LogP contribution in [0.2, 0.25) is 0 Å². The monoisotopic (exact) mass is 355 g/mol. The van der Waals surface area contributed by atoms with Crippen LogP contribution in [0.4, 0.5) is 4.39 Å². The molecule has 0 spiro atoms. The van der Waals surface area contributed by atoms with Crippen LogP contribution < -0.4 is 5.73 Å². The molecule has 24 heavy (non-hydrogen) atoms. The highest BCUT2D eigenvalue weighted by molar-refractivity contribution is 7.89. The maximum atomic E-state index is 13.0. The lowest BCUT2D eigenvalue weighted by molar-refractivity contribution is -0.138. The van der Waals surface area contributed by atoms with Crippen molar-refractivity contribution < 1.29 is 17.6 Å². The number of hydrogen-bond acceptors (Lipinski definition) is 4. The van der Waals surface area contributed by atoms with E-state index in [9.17, 15) is 17.6 Å². The van der Waals surface area contributed by atoms with Gasteiger partial charge in [-0.3, -0.25) is 4.79 Å². The Morgan fingerprint density at radius 2 is 1.58 bits per heavy atom. The summed E-state index contributed by atoms with van der Waals surface area (Å²) in [4.78, 5) is 14.3. The van der Waals surface area contributed by atoms with Gasteiger partial charge in [-0.1, -0.05) is 12.8 Å². The van der Waals surface area contributed by atoms with E-state index in [1.807, 2.05) is 0 Å². The molecule has 1 aromatic rings. The van der Waals surface area contributed by atoms with Gasteiger partial charge in [-0.05, 0) is 37.1 Å². The summed E-state index contributed by atoms with van der Waals surface area (Å²) in [6.07, 6.45) is 3.31. The largest absolute Gasteiger partial charge is 0.338 e. The molecule has 0 radical (unpaired) electrons. The van der Waals surface area contributed by atoms with Crippen molar-refractivity contribution in [2.45, 2.75) is 36.1 Å². The molecule has 0 atom stereocenters. The van der Waals surface area contributed by atoms with Gasteiger partial charge in [0.2, 0.25) is 15.9 Å². The maximum absolute atomic E-state index is 13.0. The number of hydrogen-bond donors (Lipinski definition) is 1. The number of rotatable bonds is 3. The molecular weight excluding hydrogens is 333 g/mol. The fourth-order valence-electron chi connectivity index (χ4n) is 3.42. The minimum atomic E-state index is -3.66. The molecule has 1 aromatic carbocycles. The summed E-state index contributed by atoms with van der Waals surface area (Å²) in [7, 11) is -3.66. The molecule has 1 saturated carbocycles. The standard InChI is InChI=1S/C16H22FN3O3S/c17-13-3-5-14(6-4-13)24(22,23)20-11-9-19(10-12-20)15(21)16(18)7-1-2-8-16/h3-6H,1-2,7-12,18H2. The molecule has 2 N–H and O–H groups in total. The number of carbonyl (C=O) groups excluding carboxylic acids is 1. The lowest BCUT2D eigenvalue weighted by Gasteiger charge is -2.37. The van der Waals surface area contributed by atoms with Crippen LogP contribution >= 0.6 is 0 Å². The van der Waals surface area contributed by atoms with Crippen LogP contribution in [-0.4, -0.2) is 55.2 Å². The summed E-state index contributed by atoms with van der Waals surface area (Å²) in [6.45, 7) is 1.11. The van der Waals surface area contributed by atoms with Gasteiger partial charge >= 0.3 is 0 Å². The van der Waals surface area contributed by atoms with Gasteiger partial charge in [0.05, 0.1) is 10.4 Å².